The second-order valence-electron chi connectivity index (χ2n) is 9.13. The number of aliphatic hydroxyl groups excluding tert-OH is 1. The van der Waals surface area contributed by atoms with Crippen LogP contribution in [0.5, 0.6) is 0 Å². The highest BCUT2D eigenvalue weighted by Gasteiger charge is 2.49. The predicted molar refractivity (Wildman–Crippen MR) is 124 cm³/mol. The van der Waals surface area contributed by atoms with E-state index in [0.717, 1.165) is 6.08 Å². The van der Waals surface area contributed by atoms with Gasteiger partial charge in [0.15, 0.2) is 0 Å². The Hall–Kier alpha value is -2.10. The predicted octanol–water partition coefficient (Wildman–Crippen LogP) is 4.65. The van der Waals surface area contributed by atoms with Gasteiger partial charge in [0.25, 0.3) is 5.91 Å². The van der Waals surface area contributed by atoms with E-state index in [-0.39, 0.29) is 34.0 Å². The van der Waals surface area contributed by atoms with Crippen LogP contribution < -0.4 is 0 Å². The van der Waals surface area contributed by atoms with Crippen molar-refractivity contribution in [3.05, 3.63) is 50.9 Å². The molecule has 2 unspecified atom stereocenters. The number of alkyl halides is 3. The van der Waals surface area contributed by atoms with Crippen molar-refractivity contribution in [3.8, 4) is 0 Å². The fraction of sp³-hybridized carbons (Fsp3) is 0.522. The highest BCUT2D eigenvalue weighted by atomic mass is 35.5. The molecule has 0 aliphatic carbocycles. The minimum absolute atomic E-state index is 0.122. The molecule has 1 amide bonds. The number of amides is 1. The van der Waals surface area contributed by atoms with Crippen LogP contribution in [0.4, 0.5) is 13.2 Å². The monoisotopic (exact) mass is 516 g/mol. The third-order valence-corrected chi connectivity index (χ3v) is 7.71. The summed E-state index contributed by atoms with van der Waals surface area (Å²) in [5.74, 6) is -0.649. The lowest BCUT2D eigenvalue weighted by Gasteiger charge is -2.40. The summed E-state index contributed by atoms with van der Waals surface area (Å²) in [4.78, 5) is 24.6. The van der Waals surface area contributed by atoms with Crippen molar-refractivity contribution in [2.45, 2.75) is 51.1 Å². The van der Waals surface area contributed by atoms with Gasteiger partial charge in [-0.15, -0.1) is 0 Å². The molecule has 0 aromatic carbocycles. The molecule has 1 aromatic rings. The fourth-order valence-corrected chi connectivity index (χ4v) is 5.35. The van der Waals surface area contributed by atoms with E-state index in [2.05, 4.69) is 9.98 Å². The molecule has 11 heteroatoms. The highest BCUT2D eigenvalue weighted by molar-refractivity contribution is 6.37. The van der Waals surface area contributed by atoms with Gasteiger partial charge in [-0.1, -0.05) is 34.9 Å². The number of piperidine rings is 1. The maximum atomic E-state index is 13.4. The Morgan fingerprint density at radius 3 is 2.56 bits per heavy atom. The van der Waals surface area contributed by atoms with Gasteiger partial charge in [-0.2, -0.15) is 13.2 Å². The molecule has 1 aromatic heterocycles. The normalized spacial score (nSPS) is 25.7. The molecule has 2 atom stereocenters. The Morgan fingerprint density at radius 2 is 1.94 bits per heavy atom. The Labute approximate surface area is 205 Å². The first-order chi connectivity index (χ1) is 15.8. The summed E-state index contributed by atoms with van der Waals surface area (Å²) in [6.07, 6.45) is 0.468. The number of rotatable bonds is 3. The van der Waals surface area contributed by atoms with Crippen LogP contribution in [-0.2, 0) is 6.42 Å². The first kappa shape index (κ1) is 25.0. The van der Waals surface area contributed by atoms with Crippen LogP contribution >= 0.6 is 23.2 Å². The van der Waals surface area contributed by atoms with E-state index in [0.29, 0.717) is 42.8 Å². The van der Waals surface area contributed by atoms with E-state index in [9.17, 15) is 23.1 Å². The maximum absolute atomic E-state index is 13.4. The van der Waals surface area contributed by atoms with Gasteiger partial charge < -0.3 is 14.9 Å². The second kappa shape index (κ2) is 8.84. The van der Waals surface area contributed by atoms with Crippen LogP contribution in [0.3, 0.4) is 0 Å². The summed E-state index contributed by atoms with van der Waals surface area (Å²) >= 11 is 13.0. The van der Waals surface area contributed by atoms with E-state index in [4.69, 9.17) is 23.2 Å². The van der Waals surface area contributed by atoms with Crippen molar-refractivity contribution in [1.29, 1.82) is 0 Å². The molecule has 3 aliphatic heterocycles. The molecule has 3 aliphatic rings. The number of likely N-dealkylation sites (tertiary alicyclic amines) is 1. The molecule has 4 rings (SSSR count). The Kier molecular flexibility index (Phi) is 6.50. The van der Waals surface area contributed by atoms with E-state index in [1.165, 1.54) is 6.20 Å². The largest absolute Gasteiger partial charge is 0.433 e. The van der Waals surface area contributed by atoms with Crippen LogP contribution in [0.15, 0.2) is 34.6 Å². The summed E-state index contributed by atoms with van der Waals surface area (Å²) in [5.41, 5.74) is -0.193. The van der Waals surface area contributed by atoms with Crippen molar-refractivity contribution < 1.29 is 23.1 Å². The van der Waals surface area contributed by atoms with Gasteiger partial charge in [0.1, 0.15) is 16.5 Å². The minimum atomic E-state index is -4.55. The quantitative estimate of drug-likeness (QED) is 0.593. The zero-order valence-electron chi connectivity index (χ0n) is 19.0. The minimum Gasteiger partial charge on any atom is -0.393 e. The molecule has 0 spiro atoms. The lowest BCUT2D eigenvalue weighted by atomic mass is 9.86. The first-order valence-electron chi connectivity index (χ1n) is 10.9. The number of allylic oxidation sites excluding steroid dienone is 2. The molecule has 0 bridgehead atoms. The van der Waals surface area contributed by atoms with E-state index >= 15 is 0 Å². The van der Waals surface area contributed by atoms with Gasteiger partial charge in [-0.3, -0.25) is 9.79 Å². The van der Waals surface area contributed by atoms with Crippen LogP contribution in [0.2, 0.25) is 10.2 Å². The number of carbonyl (C=O) groups is 1. The Bertz CT molecular complexity index is 1110. The number of aliphatic imine (C=N–C) groups is 1. The van der Waals surface area contributed by atoms with Crippen LogP contribution in [-0.4, -0.2) is 69.6 Å². The third kappa shape index (κ3) is 4.33. The van der Waals surface area contributed by atoms with Gasteiger partial charge in [0, 0.05) is 49.9 Å². The zero-order valence-corrected chi connectivity index (χ0v) is 20.5. The average Bonchev–Trinajstić information content (AvgIpc) is 3.01. The molecular formula is C23H25Cl2F3N4O2. The summed E-state index contributed by atoms with van der Waals surface area (Å²) in [6, 6.07) is 0. The lowest BCUT2D eigenvalue weighted by Crippen LogP contribution is -2.47. The molecular weight excluding hydrogens is 492 g/mol. The molecule has 0 saturated carbocycles. The molecule has 0 radical (unpaired) electrons. The van der Waals surface area contributed by atoms with E-state index in [1.807, 2.05) is 6.08 Å². The van der Waals surface area contributed by atoms with Crippen LogP contribution in [0, 0.1) is 5.92 Å². The van der Waals surface area contributed by atoms with E-state index in [1.54, 1.807) is 30.7 Å². The molecule has 34 heavy (non-hydrogen) atoms. The van der Waals surface area contributed by atoms with Crippen molar-refractivity contribution in [2.24, 2.45) is 10.9 Å². The SMILES string of the molecule is CC1=CC(C(F)(F)F)=NC2(C)C1C=C(Cc1c(Cl)ncc(C(=O)N3CCC(O)CC3)c1Cl)N2C. The smallest absolute Gasteiger partial charge is 0.393 e. The van der Waals surface area contributed by atoms with E-state index < -0.39 is 23.7 Å². The number of halogens is 5. The lowest BCUT2D eigenvalue weighted by molar-refractivity contribution is -0.0595. The fourth-order valence-electron chi connectivity index (χ4n) is 4.80. The van der Waals surface area contributed by atoms with Crippen molar-refractivity contribution in [3.63, 3.8) is 0 Å². The number of aliphatic hydroxyl groups is 1. The Morgan fingerprint density at radius 1 is 1.29 bits per heavy atom. The molecule has 6 nitrogen and oxygen atoms in total. The summed E-state index contributed by atoms with van der Waals surface area (Å²) in [7, 11) is 1.69. The van der Waals surface area contributed by atoms with Gasteiger partial charge in [0.05, 0.1) is 16.7 Å². The number of hydrogen-bond acceptors (Lipinski definition) is 5. The first-order valence-corrected chi connectivity index (χ1v) is 11.7. The number of hydrogen-bond donors (Lipinski definition) is 1. The molecule has 4 heterocycles. The highest BCUT2D eigenvalue weighted by Crippen LogP contribution is 2.46. The number of dihydropyridines is 1. The Balaban J connectivity index is 1.63. The topological polar surface area (TPSA) is 69.0 Å². The number of carbonyl (C=O) groups excluding carboxylic acids is 1. The molecule has 184 valence electrons. The van der Waals surface area contributed by atoms with Gasteiger partial charge in [0.2, 0.25) is 0 Å². The zero-order chi connectivity index (χ0) is 25.0. The molecule has 1 saturated heterocycles. The molecule has 1 fully saturated rings. The standard InChI is InChI=1S/C23H25Cl2F3N4O2/c1-12-8-18(23(26,27)28)30-22(2)17(12)10-13(31(22)3)9-15-19(24)16(11-29-20(15)25)21(34)32-6-4-14(33)5-7-32/h8,10-11,14,17,33H,4-7,9H2,1-3H3. The van der Waals surface area contributed by atoms with Crippen LogP contribution in [0.1, 0.15) is 42.6 Å². The van der Waals surface area contributed by atoms with Crippen LogP contribution in [0.25, 0.3) is 0 Å². The van der Waals surface area contributed by atoms with Gasteiger partial charge >= 0.3 is 6.18 Å². The second-order valence-corrected chi connectivity index (χ2v) is 9.86. The summed E-state index contributed by atoms with van der Waals surface area (Å²) in [5, 5.41) is 9.99. The maximum Gasteiger partial charge on any atom is 0.433 e. The van der Waals surface area contributed by atoms with Crippen molar-refractivity contribution in [1.82, 2.24) is 14.8 Å². The number of aromatic nitrogens is 1. The third-order valence-electron chi connectivity index (χ3n) is 6.95. The van der Waals surface area contributed by atoms with Crippen molar-refractivity contribution >= 4 is 34.8 Å². The van der Waals surface area contributed by atoms with Gasteiger partial charge in [-0.05, 0) is 32.8 Å². The molecule has 1 N–H and O–H groups in total. The number of likely N-dealkylation sites (N-methyl/N-ethyl adjacent to an activating group) is 1. The van der Waals surface area contributed by atoms with Gasteiger partial charge in [-0.25, -0.2) is 4.98 Å². The number of nitrogens with zero attached hydrogens (tertiary/aromatic N) is 4. The summed E-state index contributed by atoms with van der Waals surface area (Å²) in [6.45, 7) is 4.14. The average molecular weight is 517 g/mol. The summed E-state index contributed by atoms with van der Waals surface area (Å²) < 4.78 is 40.2. The number of fused-ring (bicyclic) bond motifs is 1. The van der Waals surface area contributed by atoms with Crippen molar-refractivity contribution in [2.75, 3.05) is 20.1 Å². The number of pyridine rings is 1.